The number of nitrogens with one attached hydrogen (secondary N) is 1. The van der Waals surface area contributed by atoms with Gasteiger partial charge in [0.2, 0.25) is 0 Å². The molecule has 0 aromatic carbocycles. The van der Waals surface area contributed by atoms with Crippen LogP contribution in [0.4, 0.5) is 4.79 Å². The number of hydrogen-bond donors (Lipinski definition) is 1. The predicted molar refractivity (Wildman–Crippen MR) is 83.2 cm³/mol. The Morgan fingerprint density at radius 3 is 2.86 bits per heavy atom. The normalized spacial score (nSPS) is 31.8. The fourth-order valence-electron chi connectivity index (χ4n) is 3.48. The quantitative estimate of drug-likeness (QED) is 0.758. The Morgan fingerprint density at radius 1 is 1.41 bits per heavy atom. The van der Waals surface area contributed by atoms with Crippen molar-refractivity contribution in [2.24, 2.45) is 4.99 Å². The number of aliphatic imine (C=N–C) groups is 1. The molecule has 0 aromatic rings. The lowest BCUT2D eigenvalue weighted by molar-refractivity contribution is -0.127. The molecule has 3 unspecified atom stereocenters. The van der Waals surface area contributed by atoms with Crippen molar-refractivity contribution in [1.82, 2.24) is 20.0 Å². The minimum Gasteiger partial charge on any atom is -0.340 e. The third-order valence-corrected chi connectivity index (χ3v) is 4.72. The van der Waals surface area contributed by atoms with E-state index in [2.05, 4.69) is 23.7 Å². The van der Waals surface area contributed by atoms with Crippen molar-refractivity contribution < 1.29 is 9.59 Å². The first kappa shape index (κ1) is 14.9. The van der Waals surface area contributed by atoms with Crippen LogP contribution in [0.2, 0.25) is 0 Å². The van der Waals surface area contributed by atoms with E-state index >= 15 is 0 Å². The topological polar surface area (TPSA) is 68.2 Å². The predicted octanol–water partition coefficient (Wildman–Crippen LogP) is 0.595. The highest BCUT2D eigenvalue weighted by atomic mass is 16.2. The fraction of sp³-hybridized carbons (Fsp3) is 0.667. The second kappa shape index (κ2) is 5.62. The number of hydrogen-bond acceptors (Lipinski definition) is 5. The van der Waals surface area contributed by atoms with Crippen molar-refractivity contribution in [2.45, 2.75) is 44.4 Å². The number of likely N-dealkylation sites (tertiary alicyclic amines) is 1. The number of carbonyl (C=O) groups is 2. The molecule has 22 heavy (non-hydrogen) atoms. The van der Waals surface area contributed by atoms with Crippen LogP contribution < -0.4 is 5.32 Å². The maximum atomic E-state index is 12.3. The van der Waals surface area contributed by atoms with E-state index in [1.54, 1.807) is 13.1 Å². The SMILES string of the molecule is C=CCN1C(N2CCCCC2C)=NC2C1C(=O)NC(=O)N2C. The number of carbonyl (C=O) groups excluding carboxylic acids is 2. The molecule has 3 aliphatic heterocycles. The minimum atomic E-state index is -0.468. The van der Waals surface area contributed by atoms with Crippen molar-refractivity contribution >= 4 is 17.9 Å². The third-order valence-electron chi connectivity index (χ3n) is 4.72. The lowest BCUT2D eigenvalue weighted by Gasteiger charge is -2.40. The first-order chi connectivity index (χ1) is 10.5. The van der Waals surface area contributed by atoms with Gasteiger partial charge in [-0.05, 0) is 26.2 Å². The maximum absolute atomic E-state index is 12.3. The number of fused-ring (bicyclic) bond motifs is 1. The van der Waals surface area contributed by atoms with Crippen LogP contribution in [-0.4, -0.2) is 71.0 Å². The fourth-order valence-corrected chi connectivity index (χ4v) is 3.48. The average Bonchev–Trinajstić information content (AvgIpc) is 2.86. The summed E-state index contributed by atoms with van der Waals surface area (Å²) in [6, 6.07) is -0.463. The Balaban J connectivity index is 1.94. The first-order valence-electron chi connectivity index (χ1n) is 7.84. The van der Waals surface area contributed by atoms with Gasteiger partial charge in [0.05, 0.1) is 0 Å². The molecule has 3 aliphatic rings. The van der Waals surface area contributed by atoms with Gasteiger partial charge in [-0.15, -0.1) is 6.58 Å². The summed E-state index contributed by atoms with van der Waals surface area (Å²) in [5, 5.41) is 2.40. The molecule has 0 bridgehead atoms. The van der Waals surface area contributed by atoms with Crippen LogP contribution in [0.15, 0.2) is 17.6 Å². The number of piperidine rings is 1. The molecule has 7 heteroatoms. The molecule has 3 rings (SSSR count). The minimum absolute atomic E-state index is 0.279. The standard InChI is InChI=1S/C15H23N5O2/c1-4-8-20-11-12(18(3)15(22)17-13(11)21)16-14(20)19-9-6-5-7-10(19)2/h4,10-12H,1,5-9H2,2-3H3,(H,17,21,22). The van der Waals surface area contributed by atoms with Crippen molar-refractivity contribution in [2.75, 3.05) is 20.1 Å². The van der Waals surface area contributed by atoms with Gasteiger partial charge < -0.3 is 14.7 Å². The van der Waals surface area contributed by atoms with Crippen LogP contribution in [0.3, 0.4) is 0 Å². The summed E-state index contributed by atoms with van der Waals surface area (Å²) in [5.41, 5.74) is 0. The Bertz CT molecular complexity index is 532. The number of imide groups is 1. The van der Waals surface area contributed by atoms with Gasteiger partial charge in [-0.25, -0.2) is 9.79 Å². The van der Waals surface area contributed by atoms with Crippen LogP contribution in [0, 0.1) is 0 Å². The van der Waals surface area contributed by atoms with Crippen LogP contribution in [0.5, 0.6) is 0 Å². The van der Waals surface area contributed by atoms with Crippen LogP contribution in [0.25, 0.3) is 0 Å². The first-order valence-corrected chi connectivity index (χ1v) is 7.84. The van der Waals surface area contributed by atoms with Crippen molar-refractivity contribution in [3.05, 3.63) is 12.7 Å². The molecule has 0 spiro atoms. The number of guanidine groups is 1. The molecule has 0 aliphatic carbocycles. The highest BCUT2D eigenvalue weighted by Crippen LogP contribution is 2.28. The van der Waals surface area contributed by atoms with E-state index in [-0.39, 0.29) is 11.9 Å². The van der Waals surface area contributed by atoms with Crippen LogP contribution in [-0.2, 0) is 4.79 Å². The smallest absolute Gasteiger partial charge is 0.325 e. The molecular formula is C15H23N5O2. The molecule has 2 fully saturated rings. The Labute approximate surface area is 130 Å². The molecule has 0 saturated carbocycles. The summed E-state index contributed by atoms with van der Waals surface area (Å²) < 4.78 is 0. The number of rotatable bonds is 2. The van der Waals surface area contributed by atoms with Gasteiger partial charge in [0.25, 0.3) is 5.91 Å². The van der Waals surface area contributed by atoms with Crippen molar-refractivity contribution in [1.29, 1.82) is 0 Å². The number of likely N-dealkylation sites (N-methyl/N-ethyl adjacent to an activating group) is 1. The lowest BCUT2D eigenvalue weighted by atomic mass is 10.0. The summed E-state index contributed by atoms with van der Waals surface area (Å²) in [6.07, 6.45) is 4.79. The number of urea groups is 1. The van der Waals surface area contributed by atoms with Crippen LogP contribution in [0.1, 0.15) is 26.2 Å². The Kier molecular flexibility index (Phi) is 3.80. The zero-order chi connectivity index (χ0) is 15.9. The zero-order valence-electron chi connectivity index (χ0n) is 13.2. The second-order valence-corrected chi connectivity index (χ2v) is 6.17. The summed E-state index contributed by atoms with van der Waals surface area (Å²) in [6.45, 7) is 7.45. The number of nitrogens with zero attached hydrogens (tertiary/aromatic N) is 4. The van der Waals surface area contributed by atoms with E-state index in [1.807, 2.05) is 4.90 Å². The van der Waals surface area contributed by atoms with E-state index in [0.717, 1.165) is 25.3 Å². The van der Waals surface area contributed by atoms with Gasteiger partial charge in [-0.3, -0.25) is 10.1 Å². The molecule has 120 valence electrons. The van der Waals surface area contributed by atoms with Crippen molar-refractivity contribution in [3.63, 3.8) is 0 Å². The molecule has 0 radical (unpaired) electrons. The summed E-state index contributed by atoms with van der Waals surface area (Å²) in [4.78, 5) is 34.6. The highest BCUT2D eigenvalue weighted by Gasteiger charge is 2.49. The molecule has 0 aromatic heterocycles. The summed E-state index contributed by atoms with van der Waals surface area (Å²) in [7, 11) is 1.68. The zero-order valence-corrected chi connectivity index (χ0v) is 13.2. The molecule has 1 N–H and O–H groups in total. The average molecular weight is 305 g/mol. The largest absolute Gasteiger partial charge is 0.340 e. The van der Waals surface area contributed by atoms with Gasteiger partial charge >= 0.3 is 6.03 Å². The molecule has 2 saturated heterocycles. The van der Waals surface area contributed by atoms with Gasteiger partial charge in [-0.1, -0.05) is 6.08 Å². The monoisotopic (exact) mass is 305 g/mol. The van der Waals surface area contributed by atoms with Gasteiger partial charge in [0, 0.05) is 26.2 Å². The molecule has 3 amide bonds. The summed E-state index contributed by atoms with van der Waals surface area (Å²) >= 11 is 0. The van der Waals surface area contributed by atoms with E-state index in [1.165, 1.54) is 11.3 Å². The Hall–Kier alpha value is -2.05. The molecule has 3 heterocycles. The summed E-state index contributed by atoms with van der Waals surface area (Å²) in [5.74, 6) is 0.539. The molecule has 3 atom stereocenters. The second-order valence-electron chi connectivity index (χ2n) is 6.17. The van der Waals surface area contributed by atoms with Crippen molar-refractivity contribution in [3.8, 4) is 0 Å². The highest BCUT2D eigenvalue weighted by molar-refractivity contribution is 6.03. The Morgan fingerprint density at radius 2 is 2.18 bits per heavy atom. The molecular weight excluding hydrogens is 282 g/mol. The van der Waals surface area contributed by atoms with E-state index < -0.39 is 12.2 Å². The van der Waals surface area contributed by atoms with E-state index in [4.69, 9.17) is 4.99 Å². The van der Waals surface area contributed by atoms with Gasteiger partial charge in [0.1, 0.15) is 0 Å². The lowest BCUT2D eigenvalue weighted by Crippen LogP contribution is -2.64. The van der Waals surface area contributed by atoms with E-state index in [9.17, 15) is 9.59 Å². The van der Waals surface area contributed by atoms with Crippen LogP contribution >= 0.6 is 0 Å². The van der Waals surface area contributed by atoms with E-state index in [0.29, 0.717) is 12.6 Å². The number of amides is 3. The van der Waals surface area contributed by atoms with Gasteiger partial charge in [0.15, 0.2) is 18.2 Å². The third kappa shape index (κ3) is 2.24. The molecule has 7 nitrogen and oxygen atoms in total. The van der Waals surface area contributed by atoms with Gasteiger partial charge in [-0.2, -0.15) is 0 Å². The maximum Gasteiger partial charge on any atom is 0.325 e.